The Hall–Kier alpha value is -1.20. The summed E-state index contributed by atoms with van der Waals surface area (Å²) < 4.78 is 0. The second-order valence-electron chi connectivity index (χ2n) is 5.52. The van der Waals surface area contributed by atoms with Gasteiger partial charge in [0.05, 0.1) is 17.4 Å². The highest BCUT2D eigenvalue weighted by molar-refractivity contribution is 7.12. The van der Waals surface area contributed by atoms with E-state index in [2.05, 4.69) is 5.32 Å². The Morgan fingerprint density at radius 3 is 2.70 bits per heavy atom. The van der Waals surface area contributed by atoms with Crippen molar-refractivity contribution in [3.63, 3.8) is 0 Å². The Balaban J connectivity index is 1.85. The van der Waals surface area contributed by atoms with Crippen LogP contribution in [0.25, 0.3) is 0 Å². The SMILES string of the molecule is CC[C@H](NC(=O)Cc1csc(C(C)=O)c1)C1CC(O)C1. The molecule has 0 aliphatic heterocycles. The fourth-order valence-corrected chi connectivity index (χ4v) is 3.42. The fourth-order valence-electron chi connectivity index (χ4n) is 2.61. The van der Waals surface area contributed by atoms with Crippen LogP contribution in [0.5, 0.6) is 0 Å². The van der Waals surface area contributed by atoms with Gasteiger partial charge in [-0.1, -0.05) is 6.92 Å². The normalized spacial score (nSPS) is 22.9. The number of rotatable bonds is 6. The van der Waals surface area contributed by atoms with E-state index >= 15 is 0 Å². The number of amides is 1. The van der Waals surface area contributed by atoms with Gasteiger partial charge >= 0.3 is 0 Å². The van der Waals surface area contributed by atoms with Crippen LogP contribution in [0.1, 0.15) is 48.3 Å². The van der Waals surface area contributed by atoms with Crippen LogP contribution in [-0.4, -0.2) is 28.9 Å². The van der Waals surface area contributed by atoms with Crippen molar-refractivity contribution in [1.82, 2.24) is 5.32 Å². The van der Waals surface area contributed by atoms with E-state index < -0.39 is 0 Å². The molecule has 1 atom stereocenters. The van der Waals surface area contributed by atoms with Crippen LogP contribution in [-0.2, 0) is 11.2 Å². The maximum Gasteiger partial charge on any atom is 0.224 e. The summed E-state index contributed by atoms with van der Waals surface area (Å²) in [5.74, 6) is 0.428. The Morgan fingerprint density at radius 1 is 1.50 bits per heavy atom. The molecule has 1 saturated carbocycles. The average Bonchev–Trinajstić information content (AvgIpc) is 2.81. The van der Waals surface area contributed by atoms with Gasteiger partial charge in [-0.2, -0.15) is 0 Å². The zero-order chi connectivity index (χ0) is 14.7. The lowest BCUT2D eigenvalue weighted by atomic mass is 9.76. The second kappa shape index (κ2) is 6.50. The van der Waals surface area contributed by atoms with Gasteiger partial charge in [0.2, 0.25) is 5.91 Å². The number of aliphatic hydroxyl groups excluding tert-OH is 1. The lowest BCUT2D eigenvalue weighted by Gasteiger charge is -2.37. The minimum Gasteiger partial charge on any atom is -0.393 e. The van der Waals surface area contributed by atoms with Crippen molar-refractivity contribution in [2.75, 3.05) is 0 Å². The van der Waals surface area contributed by atoms with E-state index in [0.717, 1.165) is 24.8 Å². The number of aliphatic hydroxyl groups is 1. The third-order valence-corrected chi connectivity index (χ3v) is 4.95. The predicted molar refractivity (Wildman–Crippen MR) is 79.0 cm³/mol. The number of Topliss-reactive ketones (excluding diaryl/α,β-unsaturated/α-hetero) is 1. The Labute approximate surface area is 123 Å². The van der Waals surface area contributed by atoms with Gasteiger partial charge in [0.15, 0.2) is 5.78 Å². The molecular weight excluding hydrogens is 274 g/mol. The van der Waals surface area contributed by atoms with Gasteiger partial charge in [-0.3, -0.25) is 9.59 Å². The summed E-state index contributed by atoms with van der Waals surface area (Å²) in [6.45, 7) is 3.58. The summed E-state index contributed by atoms with van der Waals surface area (Å²) >= 11 is 1.38. The average molecular weight is 295 g/mol. The Bertz CT molecular complexity index is 491. The first-order valence-electron chi connectivity index (χ1n) is 7.05. The lowest BCUT2D eigenvalue weighted by Crippen LogP contribution is -2.47. The third-order valence-electron chi connectivity index (χ3n) is 3.87. The van der Waals surface area contributed by atoms with Gasteiger partial charge in [0.1, 0.15) is 0 Å². The van der Waals surface area contributed by atoms with Crippen molar-refractivity contribution in [3.05, 3.63) is 21.9 Å². The first-order chi connectivity index (χ1) is 9.49. The van der Waals surface area contributed by atoms with Crippen LogP contribution in [0, 0.1) is 5.92 Å². The van der Waals surface area contributed by atoms with Crippen LogP contribution in [0.3, 0.4) is 0 Å². The molecular formula is C15H21NO3S. The third kappa shape index (κ3) is 3.67. The first-order valence-corrected chi connectivity index (χ1v) is 7.93. The van der Waals surface area contributed by atoms with Gasteiger partial charge < -0.3 is 10.4 Å². The molecule has 1 heterocycles. The summed E-state index contributed by atoms with van der Waals surface area (Å²) in [7, 11) is 0. The molecule has 1 aliphatic carbocycles. The molecule has 0 spiro atoms. The molecule has 1 fully saturated rings. The minimum absolute atomic E-state index is 0.00820. The first kappa shape index (κ1) is 15.2. The van der Waals surface area contributed by atoms with E-state index in [1.165, 1.54) is 18.3 Å². The van der Waals surface area contributed by atoms with Gasteiger partial charge in [-0.05, 0) is 49.1 Å². The summed E-state index contributed by atoms with van der Waals surface area (Å²) in [6, 6.07) is 1.94. The van der Waals surface area contributed by atoms with Crippen LogP contribution < -0.4 is 5.32 Å². The molecule has 0 aromatic carbocycles. The smallest absolute Gasteiger partial charge is 0.224 e. The second-order valence-corrected chi connectivity index (χ2v) is 6.43. The standard InChI is InChI=1S/C15H21NO3S/c1-3-13(11-6-12(18)7-11)16-15(19)5-10-4-14(9(2)17)20-8-10/h4,8,11-13,18H,3,5-7H2,1-2H3,(H,16,19)/t11?,12?,13-/m0/s1. The maximum absolute atomic E-state index is 12.0. The van der Waals surface area contributed by atoms with Crippen LogP contribution in [0.15, 0.2) is 11.4 Å². The predicted octanol–water partition coefficient (Wildman–Crippen LogP) is 2.16. The van der Waals surface area contributed by atoms with E-state index in [0.29, 0.717) is 17.2 Å². The molecule has 2 rings (SSSR count). The number of hydrogen-bond acceptors (Lipinski definition) is 4. The van der Waals surface area contributed by atoms with Crippen molar-refractivity contribution in [1.29, 1.82) is 0 Å². The molecule has 20 heavy (non-hydrogen) atoms. The van der Waals surface area contributed by atoms with Gasteiger partial charge in [-0.15, -0.1) is 11.3 Å². The molecule has 0 radical (unpaired) electrons. The zero-order valence-electron chi connectivity index (χ0n) is 11.9. The summed E-state index contributed by atoms with van der Waals surface area (Å²) in [5.41, 5.74) is 0.890. The monoisotopic (exact) mass is 295 g/mol. The highest BCUT2D eigenvalue weighted by Gasteiger charge is 2.33. The topological polar surface area (TPSA) is 66.4 Å². The highest BCUT2D eigenvalue weighted by Crippen LogP contribution is 2.31. The van der Waals surface area contributed by atoms with Crippen LogP contribution in [0.2, 0.25) is 0 Å². The quantitative estimate of drug-likeness (QED) is 0.790. The van der Waals surface area contributed by atoms with E-state index in [-0.39, 0.29) is 23.8 Å². The number of nitrogens with one attached hydrogen (secondary N) is 1. The number of thiophene rings is 1. The fraction of sp³-hybridized carbons (Fsp3) is 0.600. The molecule has 2 N–H and O–H groups in total. The van der Waals surface area contributed by atoms with E-state index in [1.54, 1.807) is 6.07 Å². The molecule has 1 aromatic heterocycles. The number of hydrogen-bond donors (Lipinski definition) is 2. The highest BCUT2D eigenvalue weighted by atomic mass is 32.1. The van der Waals surface area contributed by atoms with Gasteiger partial charge in [0, 0.05) is 6.04 Å². The summed E-state index contributed by atoms with van der Waals surface area (Å²) in [5, 5.41) is 14.3. The van der Waals surface area contributed by atoms with Crippen molar-refractivity contribution in [2.45, 2.75) is 51.7 Å². The Morgan fingerprint density at radius 2 is 2.20 bits per heavy atom. The van der Waals surface area contributed by atoms with Gasteiger partial charge in [-0.25, -0.2) is 0 Å². The molecule has 0 unspecified atom stereocenters. The van der Waals surface area contributed by atoms with Crippen molar-refractivity contribution >= 4 is 23.0 Å². The van der Waals surface area contributed by atoms with E-state index in [1.807, 2.05) is 12.3 Å². The summed E-state index contributed by atoms with van der Waals surface area (Å²) in [6.07, 6.45) is 2.57. The van der Waals surface area contributed by atoms with Crippen molar-refractivity contribution in [3.8, 4) is 0 Å². The zero-order valence-corrected chi connectivity index (χ0v) is 12.7. The van der Waals surface area contributed by atoms with Gasteiger partial charge in [0.25, 0.3) is 0 Å². The largest absolute Gasteiger partial charge is 0.393 e. The number of carbonyl (C=O) groups is 2. The molecule has 4 nitrogen and oxygen atoms in total. The van der Waals surface area contributed by atoms with Crippen LogP contribution in [0.4, 0.5) is 0 Å². The Kier molecular flexibility index (Phi) is 4.94. The lowest BCUT2D eigenvalue weighted by molar-refractivity contribution is -0.122. The number of ketones is 1. The van der Waals surface area contributed by atoms with Crippen LogP contribution >= 0.6 is 11.3 Å². The molecule has 0 bridgehead atoms. The van der Waals surface area contributed by atoms with Crippen molar-refractivity contribution < 1.29 is 14.7 Å². The maximum atomic E-state index is 12.0. The molecule has 110 valence electrons. The molecule has 1 amide bonds. The number of carbonyl (C=O) groups excluding carboxylic acids is 2. The van der Waals surface area contributed by atoms with E-state index in [9.17, 15) is 14.7 Å². The van der Waals surface area contributed by atoms with Crippen molar-refractivity contribution in [2.24, 2.45) is 5.92 Å². The molecule has 1 aliphatic rings. The molecule has 0 saturated heterocycles. The summed E-state index contributed by atoms with van der Waals surface area (Å²) in [4.78, 5) is 24.0. The van der Waals surface area contributed by atoms with E-state index in [4.69, 9.17) is 0 Å². The molecule has 5 heteroatoms. The molecule has 1 aromatic rings. The minimum atomic E-state index is -0.194.